The van der Waals surface area contributed by atoms with Gasteiger partial charge in [0.25, 0.3) is 5.91 Å². The molecule has 1 aliphatic heterocycles. The molecule has 4 rings (SSSR count). The quantitative estimate of drug-likeness (QED) is 0.473. The van der Waals surface area contributed by atoms with E-state index in [2.05, 4.69) is 12.2 Å². The van der Waals surface area contributed by atoms with Crippen molar-refractivity contribution in [2.45, 2.75) is 25.3 Å². The van der Waals surface area contributed by atoms with Crippen molar-refractivity contribution in [2.75, 3.05) is 40.8 Å². The Bertz CT molecular complexity index is 1300. The second-order valence-corrected chi connectivity index (χ2v) is 8.79. The summed E-state index contributed by atoms with van der Waals surface area (Å²) in [5.74, 6) is 0.690. The van der Waals surface area contributed by atoms with Crippen molar-refractivity contribution in [1.82, 2.24) is 4.90 Å². The zero-order valence-corrected chi connectivity index (χ0v) is 22.0. The van der Waals surface area contributed by atoms with E-state index >= 15 is 0 Å². The topological polar surface area (TPSA) is 86.3 Å². The van der Waals surface area contributed by atoms with Crippen molar-refractivity contribution >= 4 is 17.5 Å². The molecule has 1 N–H and O–H groups in total. The Morgan fingerprint density at radius 1 is 0.838 bits per heavy atom. The van der Waals surface area contributed by atoms with Crippen LogP contribution in [0, 0.1) is 0 Å². The largest absolute Gasteiger partial charge is 0.493 e. The molecule has 0 saturated carbocycles. The van der Waals surface area contributed by atoms with E-state index in [1.54, 1.807) is 50.4 Å². The predicted molar refractivity (Wildman–Crippen MR) is 141 cm³/mol. The number of fused-ring (bicyclic) bond motifs is 1. The summed E-state index contributed by atoms with van der Waals surface area (Å²) in [4.78, 5) is 29.1. The maximum atomic E-state index is 14.0. The number of amides is 2. The summed E-state index contributed by atoms with van der Waals surface area (Å²) in [5.41, 5.74) is 3.53. The lowest BCUT2D eigenvalue weighted by Gasteiger charge is -2.40. The third-order valence-electron chi connectivity index (χ3n) is 6.84. The summed E-state index contributed by atoms with van der Waals surface area (Å²) < 4.78 is 21.9. The van der Waals surface area contributed by atoms with Gasteiger partial charge in [-0.15, -0.1) is 0 Å². The molecule has 0 unspecified atom stereocenters. The van der Waals surface area contributed by atoms with Gasteiger partial charge in [-0.25, -0.2) is 0 Å². The zero-order chi connectivity index (χ0) is 26.7. The first-order valence-corrected chi connectivity index (χ1v) is 12.0. The van der Waals surface area contributed by atoms with Gasteiger partial charge in [-0.05, 0) is 59.5 Å². The molecule has 1 aliphatic rings. The maximum absolute atomic E-state index is 14.0. The van der Waals surface area contributed by atoms with Gasteiger partial charge in [-0.3, -0.25) is 9.59 Å². The van der Waals surface area contributed by atoms with Crippen molar-refractivity contribution < 1.29 is 28.5 Å². The highest BCUT2D eigenvalue weighted by Gasteiger charge is 2.44. The number of nitrogens with one attached hydrogen (secondary N) is 1. The number of benzene rings is 3. The lowest BCUT2D eigenvalue weighted by Crippen LogP contribution is -2.44. The van der Waals surface area contributed by atoms with Crippen LogP contribution in [0.4, 0.5) is 5.69 Å². The van der Waals surface area contributed by atoms with Crippen LogP contribution in [0.1, 0.15) is 45.9 Å². The molecular formula is C29H32N2O6. The van der Waals surface area contributed by atoms with Gasteiger partial charge in [0.2, 0.25) is 5.91 Å². The molecule has 0 aromatic heterocycles. The summed E-state index contributed by atoms with van der Waals surface area (Å²) in [6, 6.07) is 15.9. The summed E-state index contributed by atoms with van der Waals surface area (Å²) in [5, 5.41) is 3.05. The van der Waals surface area contributed by atoms with Crippen LogP contribution in [0.3, 0.4) is 0 Å². The number of nitrogens with zero attached hydrogens (tertiary/aromatic N) is 1. The molecule has 1 heterocycles. The lowest BCUT2D eigenvalue weighted by atomic mass is 9.79. The first-order valence-electron chi connectivity index (χ1n) is 12.0. The van der Waals surface area contributed by atoms with Crippen LogP contribution >= 0.6 is 0 Å². The summed E-state index contributed by atoms with van der Waals surface area (Å²) in [7, 11) is 7.84. The maximum Gasteiger partial charge on any atom is 0.254 e. The smallest absolute Gasteiger partial charge is 0.254 e. The van der Waals surface area contributed by atoms with Crippen molar-refractivity contribution in [2.24, 2.45) is 0 Å². The third-order valence-corrected chi connectivity index (χ3v) is 6.84. The van der Waals surface area contributed by atoms with Gasteiger partial charge in [0, 0.05) is 18.3 Å². The molecule has 0 bridgehead atoms. The average Bonchev–Trinajstić information content (AvgIpc) is 2.93. The molecule has 0 spiro atoms. The van der Waals surface area contributed by atoms with Crippen LogP contribution in [-0.4, -0.2) is 52.2 Å². The summed E-state index contributed by atoms with van der Waals surface area (Å²) in [6.45, 7) is 2.08. The molecule has 3 aromatic rings. The second-order valence-electron chi connectivity index (χ2n) is 8.79. The minimum atomic E-state index is -0.749. The fourth-order valence-corrected chi connectivity index (χ4v) is 4.83. The molecule has 3 aromatic carbocycles. The number of likely N-dealkylation sites (N-methyl/N-ethyl adjacent to an activating group) is 1. The van der Waals surface area contributed by atoms with Crippen LogP contribution in [0.2, 0.25) is 0 Å². The number of aryl methyl sites for hydroxylation is 1. The highest BCUT2D eigenvalue weighted by molar-refractivity contribution is 6.05. The molecule has 2 amide bonds. The molecule has 0 radical (unpaired) electrons. The molecular weight excluding hydrogens is 472 g/mol. The number of ether oxygens (including phenoxy) is 4. The van der Waals surface area contributed by atoms with Crippen LogP contribution in [0.15, 0.2) is 54.6 Å². The number of hydrogen-bond acceptors (Lipinski definition) is 6. The minimum Gasteiger partial charge on any atom is -0.493 e. The lowest BCUT2D eigenvalue weighted by molar-refractivity contribution is -0.119. The summed E-state index contributed by atoms with van der Waals surface area (Å²) >= 11 is 0. The molecule has 0 fully saturated rings. The number of hydrogen-bond donors (Lipinski definition) is 1. The highest BCUT2D eigenvalue weighted by atomic mass is 16.5. The van der Waals surface area contributed by atoms with Crippen LogP contribution < -0.4 is 24.3 Å². The zero-order valence-electron chi connectivity index (χ0n) is 22.0. The average molecular weight is 505 g/mol. The number of carbonyl (C=O) groups excluding carboxylic acids is 2. The van der Waals surface area contributed by atoms with E-state index in [4.69, 9.17) is 18.9 Å². The third kappa shape index (κ3) is 4.79. The molecule has 0 saturated heterocycles. The number of anilines is 1. The van der Waals surface area contributed by atoms with Crippen LogP contribution in [-0.2, 0) is 11.2 Å². The van der Waals surface area contributed by atoms with E-state index in [0.29, 0.717) is 39.8 Å². The Balaban J connectivity index is 1.87. The minimum absolute atomic E-state index is 0.230. The molecule has 194 valence electrons. The van der Waals surface area contributed by atoms with E-state index in [1.165, 1.54) is 19.8 Å². The summed E-state index contributed by atoms with van der Waals surface area (Å²) in [6.07, 6.45) is 0.903. The molecule has 8 heteroatoms. The Labute approximate surface area is 217 Å². The van der Waals surface area contributed by atoms with E-state index in [0.717, 1.165) is 12.0 Å². The van der Waals surface area contributed by atoms with Crippen molar-refractivity contribution in [3.05, 3.63) is 76.9 Å². The van der Waals surface area contributed by atoms with Gasteiger partial charge in [-0.2, -0.15) is 0 Å². The SMILES string of the molecule is CCc1ccc(NC(=O)[C@H]2c3cc(OC)c(OC)cc3C(=O)N(C)[C@H]2c2ccc(OC)c(OC)c2)cc1. The molecule has 2 atom stereocenters. The van der Waals surface area contributed by atoms with E-state index in [1.807, 2.05) is 30.3 Å². The number of carbonyl (C=O) groups is 2. The van der Waals surface area contributed by atoms with E-state index in [9.17, 15) is 9.59 Å². The Morgan fingerprint density at radius 2 is 1.43 bits per heavy atom. The Kier molecular flexibility index (Phi) is 7.57. The molecule has 0 aliphatic carbocycles. The van der Waals surface area contributed by atoms with E-state index < -0.39 is 12.0 Å². The van der Waals surface area contributed by atoms with Gasteiger partial charge in [-0.1, -0.05) is 25.1 Å². The number of rotatable bonds is 8. The number of methoxy groups -OCH3 is 4. The highest BCUT2D eigenvalue weighted by Crippen LogP contribution is 2.47. The van der Waals surface area contributed by atoms with Gasteiger partial charge in [0.15, 0.2) is 23.0 Å². The van der Waals surface area contributed by atoms with Crippen LogP contribution in [0.25, 0.3) is 0 Å². The van der Waals surface area contributed by atoms with Gasteiger partial charge >= 0.3 is 0 Å². The fraction of sp³-hybridized carbons (Fsp3) is 0.310. The Hall–Kier alpha value is -4.20. The first-order chi connectivity index (χ1) is 17.9. The van der Waals surface area contributed by atoms with Crippen molar-refractivity contribution in [3.63, 3.8) is 0 Å². The Morgan fingerprint density at radius 3 is 2.03 bits per heavy atom. The van der Waals surface area contributed by atoms with Gasteiger partial charge in [0.05, 0.1) is 40.4 Å². The van der Waals surface area contributed by atoms with Gasteiger partial charge in [0.1, 0.15) is 0 Å². The normalized spacial score (nSPS) is 16.6. The van der Waals surface area contributed by atoms with Crippen LogP contribution in [0.5, 0.6) is 23.0 Å². The fourth-order valence-electron chi connectivity index (χ4n) is 4.83. The second kappa shape index (κ2) is 10.8. The molecule has 37 heavy (non-hydrogen) atoms. The first kappa shape index (κ1) is 25.9. The molecule has 8 nitrogen and oxygen atoms in total. The monoisotopic (exact) mass is 504 g/mol. The van der Waals surface area contributed by atoms with E-state index in [-0.39, 0.29) is 11.8 Å². The standard InChI is InChI=1S/C29H32N2O6/c1-7-17-8-11-19(12-9-17)30-28(32)26-20-15-24(36-5)25(37-6)16-21(20)29(33)31(2)27(26)18-10-13-22(34-3)23(14-18)35-4/h8-16,26-27H,7H2,1-6H3,(H,30,32)/t26-,27-/m0/s1. The van der Waals surface area contributed by atoms with Gasteiger partial charge < -0.3 is 29.2 Å². The van der Waals surface area contributed by atoms with Crippen molar-refractivity contribution in [1.29, 1.82) is 0 Å². The van der Waals surface area contributed by atoms with Crippen molar-refractivity contribution in [3.8, 4) is 23.0 Å². The predicted octanol–water partition coefficient (Wildman–Crippen LogP) is 4.83.